The second kappa shape index (κ2) is 8.77. The third kappa shape index (κ3) is 5.47. The van der Waals surface area contributed by atoms with Gasteiger partial charge in [0.05, 0.1) is 10.5 Å². The first-order valence-corrected chi connectivity index (χ1v) is 10.8. The van der Waals surface area contributed by atoms with Gasteiger partial charge < -0.3 is 4.74 Å². The summed E-state index contributed by atoms with van der Waals surface area (Å²) in [5.41, 5.74) is 0.742. The third-order valence-electron chi connectivity index (χ3n) is 4.04. The fourth-order valence-electron chi connectivity index (χ4n) is 2.39. The van der Waals surface area contributed by atoms with Crippen molar-refractivity contribution in [2.75, 3.05) is 6.61 Å². The average Bonchev–Trinajstić information content (AvgIpc) is 2.97. The lowest BCUT2D eigenvalue weighted by Gasteiger charge is -2.12. The molecule has 2 aromatic rings. The number of nitrogens with one attached hydrogen (secondary N) is 1. The number of Topliss-reactive ketones (excluding diaryl/α,β-unsaturated/α-hetero) is 1. The van der Waals surface area contributed by atoms with Crippen LogP contribution in [0.4, 0.5) is 0 Å². The molecule has 0 radical (unpaired) electrons. The van der Waals surface area contributed by atoms with E-state index in [1.807, 2.05) is 20.8 Å². The van der Waals surface area contributed by atoms with Crippen LogP contribution >= 0.6 is 11.3 Å². The first-order valence-electron chi connectivity index (χ1n) is 8.53. The Hall–Kier alpha value is -2.03. The number of hydrogen-bond donors (Lipinski definition) is 1. The lowest BCUT2D eigenvalue weighted by atomic mass is 10.2. The minimum absolute atomic E-state index is 0.0693. The summed E-state index contributed by atoms with van der Waals surface area (Å²) < 4.78 is 32.1. The van der Waals surface area contributed by atoms with Crippen molar-refractivity contribution in [3.63, 3.8) is 0 Å². The van der Waals surface area contributed by atoms with Crippen LogP contribution in [-0.4, -0.2) is 32.8 Å². The molecule has 1 heterocycles. The summed E-state index contributed by atoms with van der Waals surface area (Å²) in [6.45, 7) is 7.06. The van der Waals surface area contributed by atoms with Gasteiger partial charge in [-0.1, -0.05) is 6.92 Å². The number of rotatable bonds is 8. The summed E-state index contributed by atoms with van der Waals surface area (Å²) in [7, 11) is -3.63. The fourth-order valence-corrected chi connectivity index (χ4v) is 4.66. The summed E-state index contributed by atoms with van der Waals surface area (Å²) in [6.07, 6.45) is 0.667. The van der Waals surface area contributed by atoms with E-state index in [-0.39, 0.29) is 28.9 Å². The van der Waals surface area contributed by atoms with E-state index < -0.39 is 16.0 Å². The maximum absolute atomic E-state index is 12.2. The molecule has 2 rings (SSSR count). The number of hydrogen-bond acceptors (Lipinski definition) is 6. The Morgan fingerprint density at radius 1 is 1.19 bits per heavy atom. The average molecular weight is 410 g/mol. The zero-order valence-corrected chi connectivity index (χ0v) is 17.4. The van der Waals surface area contributed by atoms with Crippen molar-refractivity contribution in [1.29, 1.82) is 0 Å². The number of ketones is 1. The van der Waals surface area contributed by atoms with Crippen LogP contribution in [0.3, 0.4) is 0 Å². The van der Waals surface area contributed by atoms with E-state index in [1.54, 1.807) is 13.0 Å². The maximum Gasteiger partial charge on any atom is 0.338 e. The van der Waals surface area contributed by atoms with Gasteiger partial charge in [-0.3, -0.25) is 4.79 Å². The molecule has 27 heavy (non-hydrogen) atoms. The van der Waals surface area contributed by atoms with Gasteiger partial charge in [0, 0.05) is 21.4 Å². The first-order chi connectivity index (χ1) is 12.6. The van der Waals surface area contributed by atoms with E-state index in [0.29, 0.717) is 12.0 Å². The van der Waals surface area contributed by atoms with Gasteiger partial charge in [-0.2, -0.15) is 0 Å². The molecule has 0 aliphatic rings. The maximum atomic E-state index is 12.2. The van der Waals surface area contributed by atoms with Crippen LogP contribution in [0.2, 0.25) is 0 Å². The Labute approximate surface area is 163 Å². The number of thiophene rings is 1. The van der Waals surface area contributed by atoms with Crippen molar-refractivity contribution in [3.8, 4) is 0 Å². The Kier molecular flexibility index (Phi) is 6.91. The van der Waals surface area contributed by atoms with Crippen molar-refractivity contribution in [2.24, 2.45) is 0 Å². The first kappa shape index (κ1) is 21.3. The molecule has 0 spiro atoms. The van der Waals surface area contributed by atoms with Gasteiger partial charge in [-0.25, -0.2) is 17.9 Å². The van der Waals surface area contributed by atoms with Gasteiger partial charge in [0.2, 0.25) is 15.8 Å². The number of esters is 1. The molecule has 146 valence electrons. The summed E-state index contributed by atoms with van der Waals surface area (Å²) in [4.78, 5) is 26.3. The molecule has 1 aromatic carbocycles. The molecule has 0 amide bonds. The minimum Gasteiger partial charge on any atom is -0.454 e. The summed E-state index contributed by atoms with van der Waals surface area (Å²) >= 11 is 1.51. The Morgan fingerprint density at radius 2 is 1.81 bits per heavy atom. The van der Waals surface area contributed by atoms with Crippen LogP contribution in [0.15, 0.2) is 35.2 Å². The second-order valence-corrected chi connectivity index (χ2v) is 9.46. The summed E-state index contributed by atoms with van der Waals surface area (Å²) in [5.74, 6) is -0.936. The van der Waals surface area contributed by atoms with Gasteiger partial charge in [-0.15, -0.1) is 11.3 Å². The lowest BCUT2D eigenvalue weighted by Crippen LogP contribution is -2.32. The van der Waals surface area contributed by atoms with Crippen LogP contribution < -0.4 is 4.72 Å². The molecule has 0 fully saturated rings. The van der Waals surface area contributed by atoms with Gasteiger partial charge in [-0.05, 0) is 57.5 Å². The Bertz CT molecular complexity index is 930. The van der Waals surface area contributed by atoms with Crippen molar-refractivity contribution in [3.05, 3.63) is 51.2 Å². The molecule has 1 atom stereocenters. The molecule has 6 nitrogen and oxygen atoms in total. The third-order valence-corrected chi connectivity index (χ3v) is 6.62. The highest BCUT2D eigenvalue weighted by atomic mass is 32.2. The SMILES string of the molecule is CC[C@H](C)NS(=O)(=O)c1ccc(C(=O)OCC(=O)c2cc(C)sc2C)cc1. The quantitative estimate of drug-likeness (QED) is 0.532. The van der Waals surface area contributed by atoms with Gasteiger partial charge in [0.15, 0.2) is 6.61 Å². The lowest BCUT2D eigenvalue weighted by molar-refractivity contribution is 0.0474. The molecule has 0 aliphatic carbocycles. The highest BCUT2D eigenvalue weighted by Crippen LogP contribution is 2.21. The number of carbonyl (C=O) groups excluding carboxylic acids is 2. The van der Waals surface area contributed by atoms with Crippen molar-refractivity contribution >= 4 is 33.1 Å². The molecule has 1 N–H and O–H groups in total. The largest absolute Gasteiger partial charge is 0.454 e. The zero-order valence-electron chi connectivity index (χ0n) is 15.7. The van der Waals surface area contributed by atoms with E-state index >= 15 is 0 Å². The van der Waals surface area contributed by atoms with Crippen molar-refractivity contribution < 1.29 is 22.7 Å². The van der Waals surface area contributed by atoms with E-state index in [0.717, 1.165) is 9.75 Å². The predicted octanol–water partition coefficient (Wildman–Crippen LogP) is 3.48. The van der Waals surface area contributed by atoms with E-state index in [9.17, 15) is 18.0 Å². The summed E-state index contributed by atoms with van der Waals surface area (Å²) in [5, 5.41) is 0. The van der Waals surface area contributed by atoms with Crippen LogP contribution in [0, 0.1) is 13.8 Å². The van der Waals surface area contributed by atoms with Crippen LogP contribution in [-0.2, 0) is 14.8 Å². The van der Waals surface area contributed by atoms with Crippen molar-refractivity contribution in [2.45, 2.75) is 45.1 Å². The highest BCUT2D eigenvalue weighted by Gasteiger charge is 2.18. The molecule has 0 aliphatic heterocycles. The molecular weight excluding hydrogens is 386 g/mol. The van der Waals surface area contributed by atoms with Gasteiger partial charge in [0.1, 0.15) is 0 Å². The highest BCUT2D eigenvalue weighted by molar-refractivity contribution is 7.89. The van der Waals surface area contributed by atoms with E-state index in [1.165, 1.54) is 35.6 Å². The van der Waals surface area contributed by atoms with E-state index in [2.05, 4.69) is 4.72 Å². The number of benzene rings is 1. The molecule has 0 unspecified atom stereocenters. The number of carbonyl (C=O) groups is 2. The van der Waals surface area contributed by atoms with Crippen LogP contribution in [0.5, 0.6) is 0 Å². The summed E-state index contributed by atoms with van der Waals surface area (Å²) in [6, 6.07) is 7.02. The van der Waals surface area contributed by atoms with Gasteiger partial charge in [0.25, 0.3) is 0 Å². The molecule has 0 bridgehead atoms. The van der Waals surface area contributed by atoms with Crippen LogP contribution in [0.25, 0.3) is 0 Å². The number of ether oxygens (including phenoxy) is 1. The standard InChI is InChI=1S/C19H23NO5S2/c1-5-12(2)20-27(23,24)16-8-6-15(7-9-16)19(22)25-11-18(21)17-10-13(3)26-14(17)4/h6-10,12,20H,5,11H2,1-4H3/t12-/m0/s1. The number of aryl methyl sites for hydroxylation is 2. The smallest absolute Gasteiger partial charge is 0.338 e. The van der Waals surface area contributed by atoms with Gasteiger partial charge >= 0.3 is 5.97 Å². The van der Waals surface area contributed by atoms with Crippen molar-refractivity contribution in [1.82, 2.24) is 4.72 Å². The monoisotopic (exact) mass is 409 g/mol. The molecule has 0 saturated heterocycles. The Balaban J connectivity index is 2.01. The molecule has 1 aromatic heterocycles. The molecule has 0 saturated carbocycles. The normalized spacial score (nSPS) is 12.6. The minimum atomic E-state index is -3.63. The zero-order chi connectivity index (χ0) is 20.2. The second-order valence-electron chi connectivity index (χ2n) is 6.28. The topological polar surface area (TPSA) is 89.5 Å². The number of sulfonamides is 1. The van der Waals surface area contributed by atoms with E-state index in [4.69, 9.17) is 4.74 Å². The van der Waals surface area contributed by atoms with Crippen LogP contribution in [0.1, 0.15) is 50.7 Å². The Morgan fingerprint density at radius 3 is 2.33 bits per heavy atom. The molecule has 8 heteroatoms. The molecular formula is C19H23NO5S2. The fraction of sp³-hybridized carbons (Fsp3) is 0.368. The predicted molar refractivity (Wildman–Crippen MR) is 105 cm³/mol.